The highest BCUT2D eigenvalue weighted by molar-refractivity contribution is 5.90. The van der Waals surface area contributed by atoms with E-state index in [9.17, 15) is 77.3 Å². The summed E-state index contributed by atoms with van der Waals surface area (Å²) in [6.45, 7) is -10.1. The number of aromatic amines is 1. The van der Waals surface area contributed by atoms with Gasteiger partial charge in [0.1, 0.15) is 62.2 Å². The first kappa shape index (κ1) is 78.1. The molecule has 0 unspecified atom stereocenters. The van der Waals surface area contributed by atoms with Gasteiger partial charge in [-0.15, -0.1) is 0 Å². The minimum atomic E-state index is -1.43. The van der Waals surface area contributed by atoms with Gasteiger partial charge >= 0.3 is 5.69 Å². The Balaban J connectivity index is 0.973. The van der Waals surface area contributed by atoms with Crippen molar-refractivity contribution in [2.45, 2.75) is 58.2 Å². The average Bonchev–Trinajstić information content (AvgIpc) is 1.67. The molecule has 0 saturated heterocycles. The summed E-state index contributed by atoms with van der Waals surface area (Å²) in [7, 11) is 0. The normalized spacial score (nSPS) is 11.7. The van der Waals surface area contributed by atoms with Crippen molar-refractivity contribution in [3.63, 3.8) is 0 Å². The molecule has 0 aliphatic rings. The maximum Gasteiger partial charge on any atom is 0.349 e. The second-order valence-electron chi connectivity index (χ2n) is 23.6. The van der Waals surface area contributed by atoms with Crippen LogP contribution in [0.1, 0.15) is 13.3 Å². The van der Waals surface area contributed by atoms with Crippen LogP contribution in [-0.4, -0.2) is 283 Å². The molecule has 8 aromatic rings. The predicted molar refractivity (Wildman–Crippen MR) is 370 cm³/mol. The molecule has 47 heteroatoms. The number of hydrogen-bond acceptors (Lipinski definition) is 30. The van der Waals surface area contributed by atoms with Crippen molar-refractivity contribution >= 4 is 128 Å². The number of nitrogens with two attached hydrogens (primary N) is 6. The highest BCUT2D eigenvalue weighted by Crippen LogP contribution is 2.17. The Labute approximate surface area is 596 Å². The number of nitrogens with one attached hydrogen (secondary N) is 6. The molecule has 0 fully saturated rings. The van der Waals surface area contributed by atoms with Gasteiger partial charge in [-0.25, -0.2) is 39.7 Å². The lowest BCUT2D eigenvalue weighted by molar-refractivity contribution is -0.139. The third kappa shape index (κ3) is 21.5. The molecule has 564 valence electrons. The second-order valence-corrected chi connectivity index (χ2v) is 23.6. The first-order valence-corrected chi connectivity index (χ1v) is 32.2. The zero-order chi connectivity index (χ0) is 76.9. The monoisotopic (exact) mass is 1480 g/mol. The second kappa shape index (κ2) is 36.3. The van der Waals surface area contributed by atoms with Crippen LogP contribution in [0.15, 0.2) is 76.6 Å². The van der Waals surface area contributed by atoms with E-state index in [0.29, 0.717) is 0 Å². The molecular weight excluding hydrogens is 1400 g/mol. The molecule has 0 aliphatic carbocycles. The zero-order valence-electron chi connectivity index (χ0n) is 56.8. The van der Waals surface area contributed by atoms with E-state index < -0.39 is 193 Å². The van der Waals surface area contributed by atoms with E-state index in [1.807, 2.05) is 0 Å². The summed E-state index contributed by atoms with van der Waals surface area (Å²) in [5, 5.41) is 34.2. The Morgan fingerprint density at radius 2 is 0.906 bits per heavy atom. The summed E-state index contributed by atoms with van der Waals surface area (Å²) in [5.41, 5.74) is 32.6. The van der Waals surface area contributed by atoms with Gasteiger partial charge in [0, 0.05) is 82.9 Å². The summed E-state index contributed by atoms with van der Waals surface area (Å²) >= 11 is 0. The van der Waals surface area contributed by atoms with E-state index in [4.69, 9.17) is 34.4 Å². The highest BCUT2D eigenvalue weighted by Gasteiger charge is 2.30. The number of carbonyl (C=O) groups is 11. The standard InChI is InChI=1S/C59H77N31O16/c1-2-38(94)66-5-11-83(44(100)22-85-9-4-36(61)78-59(85)106)19-41(97)77-35(27-92)15-87(48(104)25-89-31-74-50-53(64)70-29-72-55(50)89)18-40(96)68-7-12-84(46(102)24-90-32-75-51-56(90)79-58(65)80-57(51)105)20-42(98)76-34(26-91)14-86(47(103)21-81-8-3-33(60)13-43(81)99)17-39(95)67-6-10-82(16-37(62)93)45(101)23-88-30-73-49-52(63)69-28-71-54(49)88/h3-4,8-9,13,28-32,34-35,91-92H,2,5-7,10-12,14-27,60H2,1H3,(H2,62,93)(H,66,94)(H,67,95)(H,68,96)(H,76,98)(H,77,97)(H2,61,78,106)(H2,63,69,71)(H2,64,70,72)(H3,65,79,80,105)/t34-,35-/m1/s1. The number of imidazole rings is 3. The molecule has 0 bridgehead atoms. The first-order valence-electron chi connectivity index (χ1n) is 32.2. The van der Waals surface area contributed by atoms with E-state index in [-0.39, 0.29) is 101 Å². The Kier molecular flexibility index (Phi) is 26.7. The van der Waals surface area contributed by atoms with Crippen molar-refractivity contribution in [2.24, 2.45) is 5.73 Å². The summed E-state index contributed by atoms with van der Waals surface area (Å²) in [6, 6.07) is 0.843. The number of nitrogen functional groups attached to an aromatic ring is 5. The number of hydrogen-bond donors (Lipinski definition) is 14. The molecule has 0 radical (unpaired) electrons. The number of pyridine rings is 1. The summed E-state index contributed by atoms with van der Waals surface area (Å²) in [6.07, 6.45) is 8.42. The van der Waals surface area contributed by atoms with Crippen molar-refractivity contribution in [1.82, 2.24) is 124 Å². The number of primary amides is 1. The Hall–Kier alpha value is -13.6. The number of anilines is 5. The van der Waals surface area contributed by atoms with E-state index in [0.717, 1.165) is 63.2 Å². The van der Waals surface area contributed by atoms with Gasteiger partial charge in [0.2, 0.25) is 70.9 Å². The number of nitrogens with zero attached hydrogens (tertiary/aromatic N) is 19. The fraction of sp³-hybridized carbons (Fsp3) is 0.407. The van der Waals surface area contributed by atoms with Crippen molar-refractivity contribution in [2.75, 3.05) is 127 Å². The molecule has 8 heterocycles. The lowest BCUT2D eigenvalue weighted by atomic mass is 10.2. The van der Waals surface area contributed by atoms with Gasteiger partial charge in [-0.3, -0.25) is 71.9 Å². The highest BCUT2D eigenvalue weighted by atomic mass is 16.3. The molecular formula is C59H77N31O16. The van der Waals surface area contributed by atoms with Crippen molar-refractivity contribution in [3.8, 4) is 0 Å². The molecule has 20 N–H and O–H groups in total. The van der Waals surface area contributed by atoms with Gasteiger partial charge in [-0.2, -0.15) is 9.97 Å². The van der Waals surface area contributed by atoms with E-state index in [1.54, 1.807) is 6.92 Å². The molecule has 0 aromatic carbocycles. The largest absolute Gasteiger partial charge is 0.399 e. The Morgan fingerprint density at radius 3 is 1.36 bits per heavy atom. The van der Waals surface area contributed by atoms with Gasteiger partial charge in [0.25, 0.3) is 11.1 Å². The first-order chi connectivity index (χ1) is 50.6. The average molecular weight is 1480 g/mol. The number of rotatable bonds is 38. The zero-order valence-corrected chi connectivity index (χ0v) is 56.8. The lowest BCUT2D eigenvalue weighted by Gasteiger charge is -2.29. The van der Waals surface area contributed by atoms with Crippen LogP contribution >= 0.6 is 0 Å². The van der Waals surface area contributed by atoms with Crippen LogP contribution in [0.25, 0.3) is 33.5 Å². The third-order valence-corrected chi connectivity index (χ3v) is 15.7. The number of carbonyl (C=O) groups excluding carboxylic acids is 11. The molecule has 0 aliphatic heterocycles. The van der Waals surface area contributed by atoms with Gasteiger partial charge < -0.3 is 114 Å². The van der Waals surface area contributed by atoms with Crippen LogP contribution in [0.2, 0.25) is 0 Å². The minimum absolute atomic E-state index is 0.0250. The Morgan fingerprint density at radius 1 is 0.491 bits per heavy atom. The lowest BCUT2D eigenvalue weighted by Crippen LogP contribution is -2.54. The quantitative estimate of drug-likeness (QED) is 0.0171. The van der Waals surface area contributed by atoms with Crippen molar-refractivity contribution in [1.29, 1.82) is 0 Å². The molecule has 2 atom stereocenters. The van der Waals surface area contributed by atoms with Crippen LogP contribution in [0, 0.1) is 0 Å². The minimum Gasteiger partial charge on any atom is -0.399 e. The maximum atomic E-state index is 14.4. The maximum absolute atomic E-state index is 14.4. The van der Waals surface area contributed by atoms with Gasteiger partial charge in [0.15, 0.2) is 34.1 Å². The topological polar surface area (TPSA) is 668 Å². The van der Waals surface area contributed by atoms with Gasteiger partial charge in [-0.1, -0.05) is 6.92 Å². The smallest absolute Gasteiger partial charge is 0.349 e. The molecule has 0 saturated carbocycles. The fourth-order valence-electron chi connectivity index (χ4n) is 10.4. The summed E-state index contributed by atoms with van der Waals surface area (Å²) in [4.78, 5) is 232. The van der Waals surface area contributed by atoms with Crippen LogP contribution in [0.5, 0.6) is 0 Å². The third-order valence-electron chi connectivity index (χ3n) is 15.7. The van der Waals surface area contributed by atoms with Crippen LogP contribution < -0.4 is 77.8 Å². The predicted octanol–water partition coefficient (Wildman–Crippen LogP) is -10.8. The van der Waals surface area contributed by atoms with Gasteiger partial charge in [-0.05, 0) is 12.1 Å². The van der Waals surface area contributed by atoms with Gasteiger partial charge in [0.05, 0.1) is 77.0 Å². The number of fused-ring (bicyclic) bond motifs is 3. The van der Waals surface area contributed by atoms with E-state index >= 15 is 0 Å². The van der Waals surface area contributed by atoms with E-state index in [1.165, 1.54) is 46.3 Å². The molecule has 8 rings (SSSR count). The number of amides is 11. The number of H-pyrrole nitrogens is 1. The van der Waals surface area contributed by atoms with Crippen LogP contribution in [0.4, 0.5) is 29.1 Å². The molecule has 0 spiro atoms. The van der Waals surface area contributed by atoms with Crippen molar-refractivity contribution < 1.29 is 63.0 Å². The fourth-order valence-corrected chi connectivity index (χ4v) is 10.4. The number of aliphatic hydroxyl groups excluding tert-OH is 2. The van der Waals surface area contributed by atoms with Crippen LogP contribution in [-0.2, 0) is 85.5 Å². The summed E-state index contributed by atoms with van der Waals surface area (Å²) < 4.78 is 5.68. The van der Waals surface area contributed by atoms with Crippen molar-refractivity contribution in [3.05, 3.63) is 93.4 Å². The number of aromatic nitrogens is 15. The SMILES string of the molecule is CCC(=O)NCCN(CC(=O)N[C@@H](CO)CN(CC(=O)NCCN(CC(=O)N[C@@H](CO)CN(CC(=O)NCCN(CC(N)=O)C(=O)Cn1cnc2c(N)ncnc21)C(=O)Cn1ccc(N)cc1=O)C(=O)Cn1cnc2c(=O)[nH]c(N)nc21)C(=O)Cn1cnc2c(N)ncnc21)C(=O)Cn1ccc(N)nc1=O. The molecule has 8 aromatic heterocycles. The molecule has 47 nitrogen and oxygen atoms in total. The number of aliphatic hydroxyl groups is 2. The van der Waals surface area contributed by atoms with E-state index in [2.05, 4.69) is 76.4 Å². The molecule has 106 heavy (non-hydrogen) atoms. The van der Waals surface area contributed by atoms with Crippen LogP contribution in [0.3, 0.4) is 0 Å². The molecule has 11 amide bonds. The Bertz CT molecular complexity index is 4780. The summed E-state index contributed by atoms with van der Waals surface area (Å²) in [5.74, 6) is -9.40.